The van der Waals surface area contributed by atoms with Crippen molar-refractivity contribution in [2.45, 2.75) is 12.5 Å². The van der Waals surface area contributed by atoms with Crippen molar-refractivity contribution in [1.29, 1.82) is 0 Å². The van der Waals surface area contributed by atoms with E-state index in [4.69, 9.17) is 4.74 Å². The van der Waals surface area contributed by atoms with Gasteiger partial charge < -0.3 is 14.9 Å². The van der Waals surface area contributed by atoms with Gasteiger partial charge in [0.1, 0.15) is 0 Å². The van der Waals surface area contributed by atoms with Crippen LogP contribution < -0.4 is 4.90 Å². The molecule has 0 aromatic heterocycles. The molecule has 0 aliphatic carbocycles. The molecule has 0 aliphatic rings. The fraction of sp³-hybridized carbons (Fsp3) is 0.235. The van der Waals surface area contributed by atoms with Gasteiger partial charge in [-0.3, -0.25) is 0 Å². The Morgan fingerprint density at radius 1 is 0.955 bits per heavy atom. The van der Waals surface area contributed by atoms with E-state index >= 15 is 0 Å². The van der Waals surface area contributed by atoms with E-state index in [2.05, 4.69) is 0 Å². The third-order valence-corrected chi connectivity index (χ3v) is 3.21. The maximum absolute atomic E-state index is 12.6. The van der Waals surface area contributed by atoms with Gasteiger partial charge in [-0.15, -0.1) is 0 Å². The minimum absolute atomic E-state index is 0.466. The number of hydrogen-bond donors (Lipinski definition) is 2. The molecule has 1 amide bonds. The fourth-order valence-electron chi connectivity index (χ4n) is 1.88. The molecule has 2 aromatic carbocycles. The summed E-state index contributed by atoms with van der Waals surface area (Å²) in [6.45, 7) is 0.540. The molecular formula is C17H19NO4. The molecule has 0 saturated carbocycles. The second-order valence-corrected chi connectivity index (χ2v) is 5.14. The predicted octanol–water partition coefficient (Wildman–Crippen LogP) is 2.70. The molecule has 5 heteroatoms. The summed E-state index contributed by atoms with van der Waals surface area (Å²) in [6, 6.07) is 18.1. The zero-order chi connectivity index (χ0) is 16.0. The van der Waals surface area contributed by atoms with Crippen LogP contribution in [-0.2, 0) is 4.74 Å². The highest BCUT2D eigenvalue weighted by Gasteiger charge is 2.31. The van der Waals surface area contributed by atoms with Crippen LogP contribution in [0.4, 0.5) is 16.2 Å². The number of nitrogens with zero attached hydrogens (tertiary/aromatic N) is 1. The van der Waals surface area contributed by atoms with Crippen molar-refractivity contribution in [2.75, 3.05) is 18.1 Å². The minimum atomic E-state index is -1.33. The summed E-state index contributed by atoms with van der Waals surface area (Å²) in [6.07, 6.45) is -0.664. The lowest BCUT2D eigenvalue weighted by Gasteiger charge is -2.30. The molecule has 116 valence electrons. The molecule has 0 fully saturated rings. The third-order valence-electron chi connectivity index (χ3n) is 3.21. The van der Waals surface area contributed by atoms with Crippen molar-refractivity contribution in [3.8, 4) is 0 Å². The number of ether oxygens (including phenoxy) is 1. The first kappa shape index (κ1) is 16.0. The van der Waals surface area contributed by atoms with Crippen LogP contribution in [0.1, 0.15) is 6.92 Å². The highest BCUT2D eigenvalue weighted by Crippen LogP contribution is 2.27. The number of carbonyl (C=O) groups excluding carboxylic acids is 1. The van der Waals surface area contributed by atoms with E-state index in [0.29, 0.717) is 11.4 Å². The van der Waals surface area contributed by atoms with Gasteiger partial charge in [0, 0.05) is 0 Å². The third kappa shape index (κ3) is 3.63. The van der Waals surface area contributed by atoms with Crippen molar-refractivity contribution >= 4 is 17.5 Å². The molecule has 0 radical (unpaired) electrons. The molecular weight excluding hydrogens is 282 g/mol. The molecule has 0 saturated heterocycles. The molecule has 22 heavy (non-hydrogen) atoms. The van der Waals surface area contributed by atoms with Crippen molar-refractivity contribution < 1.29 is 19.7 Å². The van der Waals surface area contributed by atoms with E-state index in [9.17, 15) is 15.0 Å². The van der Waals surface area contributed by atoms with E-state index in [1.54, 1.807) is 24.3 Å². The maximum atomic E-state index is 12.6. The molecule has 5 nitrogen and oxygen atoms in total. The number of carbonyl (C=O) groups is 1. The predicted molar refractivity (Wildman–Crippen MR) is 84.1 cm³/mol. The van der Waals surface area contributed by atoms with Gasteiger partial charge in [-0.25, -0.2) is 9.69 Å². The van der Waals surface area contributed by atoms with Crippen LogP contribution in [0.15, 0.2) is 60.7 Å². The molecule has 2 N–H and O–H groups in total. The highest BCUT2D eigenvalue weighted by molar-refractivity contribution is 5.96. The number of benzene rings is 2. The van der Waals surface area contributed by atoms with Crippen LogP contribution in [0.5, 0.6) is 0 Å². The molecule has 2 aromatic rings. The molecule has 0 atom stereocenters. The van der Waals surface area contributed by atoms with E-state index in [-0.39, 0.29) is 0 Å². The SMILES string of the molecule is CC(CO)(CO)OC(=O)N(c1ccccc1)c1ccccc1. The number of amides is 1. The largest absolute Gasteiger partial charge is 0.438 e. The Kier molecular flexibility index (Phi) is 5.14. The van der Waals surface area contributed by atoms with Crippen LogP contribution in [0.3, 0.4) is 0 Å². The average Bonchev–Trinajstić information content (AvgIpc) is 2.57. The fourth-order valence-corrected chi connectivity index (χ4v) is 1.88. The van der Waals surface area contributed by atoms with Gasteiger partial charge in [0.2, 0.25) is 0 Å². The smallest absolute Gasteiger partial charge is 0.419 e. The van der Waals surface area contributed by atoms with Crippen molar-refractivity contribution in [3.63, 3.8) is 0 Å². The Bertz CT molecular complexity index is 557. The Morgan fingerprint density at radius 3 is 1.73 bits per heavy atom. The number of aliphatic hydroxyl groups excluding tert-OH is 2. The standard InChI is InChI=1S/C17H19NO4/c1-17(12-19,13-20)22-16(21)18(14-8-4-2-5-9-14)15-10-6-3-7-11-15/h2-11,19-20H,12-13H2,1H3. The number of aliphatic hydroxyl groups is 2. The number of hydrogen-bond acceptors (Lipinski definition) is 4. The topological polar surface area (TPSA) is 70.0 Å². The van der Waals surface area contributed by atoms with Gasteiger partial charge in [-0.1, -0.05) is 36.4 Å². The number of para-hydroxylation sites is 2. The van der Waals surface area contributed by atoms with Crippen LogP contribution in [0.2, 0.25) is 0 Å². The van der Waals surface area contributed by atoms with Gasteiger partial charge in [0.05, 0.1) is 24.6 Å². The summed E-state index contributed by atoms with van der Waals surface area (Å²) in [5.41, 5.74) is -0.0623. The number of anilines is 2. The summed E-state index contributed by atoms with van der Waals surface area (Å²) in [7, 11) is 0. The lowest BCUT2D eigenvalue weighted by molar-refractivity contribution is -0.0481. The monoisotopic (exact) mass is 301 g/mol. The molecule has 0 bridgehead atoms. The summed E-state index contributed by atoms with van der Waals surface area (Å²) in [5, 5.41) is 18.6. The summed E-state index contributed by atoms with van der Waals surface area (Å²) in [4.78, 5) is 14.0. The quantitative estimate of drug-likeness (QED) is 0.891. The van der Waals surface area contributed by atoms with E-state index in [0.717, 1.165) is 0 Å². The van der Waals surface area contributed by atoms with Crippen molar-refractivity contribution in [1.82, 2.24) is 0 Å². The van der Waals surface area contributed by atoms with Gasteiger partial charge in [-0.2, -0.15) is 0 Å². The van der Waals surface area contributed by atoms with Crippen LogP contribution in [-0.4, -0.2) is 35.1 Å². The van der Waals surface area contributed by atoms with Gasteiger partial charge in [-0.05, 0) is 31.2 Å². The normalized spacial score (nSPS) is 11.0. The first-order chi connectivity index (χ1) is 10.6. The summed E-state index contributed by atoms with van der Waals surface area (Å²) < 4.78 is 5.29. The number of rotatable bonds is 5. The maximum Gasteiger partial charge on any atom is 0.419 e. The zero-order valence-electron chi connectivity index (χ0n) is 12.3. The van der Waals surface area contributed by atoms with E-state index < -0.39 is 24.9 Å². The Hall–Kier alpha value is -2.37. The van der Waals surface area contributed by atoms with Gasteiger partial charge in [0.25, 0.3) is 0 Å². The van der Waals surface area contributed by atoms with Crippen LogP contribution in [0, 0.1) is 0 Å². The van der Waals surface area contributed by atoms with Crippen molar-refractivity contribution in [2.24, 2.45) is 0 Å². The summed E-state index contributed by atoms with van der Waals surface area (Å²) >= 11 is 0. The lowest BCUT2D eigenvalue weighted by Crippen LogP contribution is -2.43. The minimum Gasteiger partial charge on any atom is -0.438 e. The second kappa shape index (κ2) is 7.06. The lowest BCUT2D eigenvalue weighted by atomic mass is 10.1. The van der Waals surface area contributed by atoms with Crippen LogP contribution >= 0.6 is 0 Å². The average molecular weight is 301 g/mol. The first-order valence-corrected chi connectivity index (χ1v) is 6.94. The summed E-state index contributed by atoms with van der Waals surface area (Å²) in [5.74, 6) is 0. The Balaban J connectivity index is 2.35. The molecule has 0 heterocycles. The molecule has 2 rings (SSSR count). The Morgan fingerprint density at radius 2 is 1.36 bits per heavy atom. The highest BCUT2D eigenvalue weighted by atomic mass is 16.6. The molecule has 0 spiro atoms. The second-order valence-electron chi connectivity index (χ2n) is 5.14. The molecule has 0 unspecified atom stereocenters. The zero-order valence-corrected chi connectivity index (χ0v) is 12.3. The van der Waals surface area contributed by atoms with Gasteiger partial charge in [0.15, 0.2) is 5.60 Å². The Labute approximate surface area is 129 Å². The van der Waals surface area contributed by atoms with E-state index in [1.165, 1.54) is 11.8 Å². The van der Waals surface area contributed by atoms with Gasteiger partial charge >= 0.3 is 6.09 Å². The van der Waals surface area contributed by atoms with E-state index in [1.807, 2.05) is 36.4 Å². The first-order valence-electron chi connectivity index (χ1n) is 6.94. The van der Waals surface area contributed by atoms with Crippen LogP contribution in [0.25, 0.3) is 0 Å². The van der Waals surface area contributed by atoms with Crippen molar-refractivity contribution in [3.05, 3.63) is 60.7 Å². The molecule has 0 aliphatic heterocycles.